The number of rotatable bonds is 6. The summed E-state index contributed by atoms with van der Waals surface area (Å²) in [5.41, 5.74) is 2.59. The van der Waals surface area contributed by atoms with Crippen LogP contribution in [-0.4, -0.2) is 29.2 Å². The van der Waals surface area contributed by atoms with Crippen LogP contribution in [0.2, 0.25) is 0 Å². The Kier molecular flexibility index (Phi) is 5.14. The average Bonchev–Trinajstić information content (AvgIpc) is 3.03. The van der Waals surface area contributed by atoms with Gasteiger partial charge in [-0.1, -0.05) is 6.92 Å². The minimum atomic E-state index is 0.495. The van der Waals surface area contributed by atoms with Crippen molar-refractivity contribution < 1.29 is 9.47 Å². The Hall–Kier alpha value is -2.67. The van der Waals surface area contributed by atoms with Gasteiger partial charge in [-0.25, -0.2) is 15.0 Å². The van der Waals surface area contributed by atoms with Crippen molar-refractivity contribution in [3.8, 4) is 22.1 Å². The monoisotopic (exact) mass is 356 g/mol. The molecule has 0 aliphatic rings. The highest BCUT2D eigenvalue weighted by atomic mass is 32.1. The number of methoxy groups -OCH3 is 2. The van der Waals surface area contributed by atoms with Crippen LogP contribution in [0.25, 0.3) is 10.6 Å². The van der Waals surface area contributed by atoms with Crippen molar-refractivity contribution in [2.75, 3.05) is 19.5 Å². The van der Waals surface area contributed by atoms with Gasteiger partial charge in [0, 0.05) is 12.3 Å². The van der Waals surface area contributed by atoms with E-state index in [0.29, 0.717) is 11.7 Å². The lowest BCUT2D eigenvalue weighted by molar-refractivity contribution is 0.405. The maximum Gasteiger partial charge on any atom is 0.227 e. The number of aryl methyl sites for hydroxylation is 2. The first-order chi connectivity index (χ1) is 12.1. The van der Waals surface area contributed by atoms with Crippen LogP contribution in [0.15, 0.2) is 30.5 Å². The summed E-state index contributed by atoms with van der Waals surface area (Å²) in [6, 6.07) is 7.43. The molecule has 1 aromatic carbocycles. The van der Waals surface area contributed by atoms with E-state index >= 15 is 0 Å². The second-order valence-corrected chi connectivity index (χ2v) is 6.42. The number of benzene rings is 1. The van der Waals surface area contributed by atoms with Gasteiger partial charge in [0.05, 0.1) is 41.2 Å². The molecule has 0 aliphatic carbocycles. The summed E-state index contributed by atoms with van der Waals surface area (Å²) in [6.07, 6.45) is 2.66. The molecular weight excluding hydrogens is 336 g/mol. The lowest BCUT2D eigenvalue weighted by Crippen LogP contribution is -2.00. The molecule has 3 aromatic rings. The Morgan fingerprint density at radius 3 is 2.64 bits per heavy atom. The molecule has 0 bridgehead atoms. The molecule has 0 aliphatic heterocycles. The fourth-order valence-electron chi connectivity index (χ4n) is 2.42. The fourth-order valence-corrected chi connectivity index (χ4v) is 3.39. The van der Waals surface area contributed by atoms with Crippen molar-refractivity contribution >= 4 is 23.0 Å². The van der Waals surface area contributed by atoms with E-state index in [1.165, 1.54) is 0 Å². The Bertz CT molecular complexity index is 879. The number of aromatic nitrogens is 3. The third-order valence-corrected chi connectivity index (χ3v) is 5.01. The number of thiazole rings is 1. The first-order valence-electron chi connectivity index (χ1n) is 7.93. The normalized spacial score (nSPS) is 10.6. The van der Waals surface area contributed by atoms with Gasteiger partial charge in [-0.05, 0) is 31.5 Å². The van der Waals surface area contributed by atoms with E-state index in [4.69, 9.17) is 9.47 Å². The van der Waals surface area contributed by atoms with Gasteiger partial charge in [0.25, 0.3) is 0 Å². The second-order valence-electron chi connectivity index (χ2n) is 5.33. The van der Waals surface area contributed by atoms with Gasteiger partial charge in [-0.2, -0.15) is 0 Å². The molecule has 0 saturated carbocycles. The summed E-state index contributed by atoms with van der Waals surface area (Å²) >= 11 is 1.67. The summed E-state index contributed by atoms with van der Waals surface area (Å²) in [5.74, 6) is 1.91. The number of ether oxygens (including phenoxy) is 2. The van der Waals surface area contributed by atoms with Crippen molar-refractivity contribution in [1.82, 2.24) is 15.0 Å². The van der Waals surface area contributed by atoms with Crippen LogP contribution >= 0.6 is 11.3 Å². The van der Waals surface area contributed by atoms with E-state index in [2.05, 4.69) is 27.2 Å². The molecule has 130 valence electrons. The van der Waals surface area contributed by atoms with Crippen LogP contribution in [-0.2, 0) is 6.42 Å². The van der Waals surface area contributed by atoms with E-state index in [9.17, 15) is 0 Å². The Labute approximate surface area is 150 Å². The number of anilines is 2. The van der Waals surface area contributed by atoms with Crippen LogP contribution < -0.4 is 14.8 Å². The third-order valence-electron chi connectivity index (χ3n) is 3.68. The molecule has 0 radical (unpaired) electrons. The number of nitrogens with one attached hydrogen (secondary N) is 1. The summed E-state index contributed by atoms with van der Waals surface area (Å²) in [4.78, 5) is 14.6. The predicted molar refractivity (Wildman–Crippen MR) is 100 cm³/mol. The van der Waals surface area contributed by atoms with Crippen molar-refractivity contribution in [2.45, 2.75) is 20.3 Å². The van der Waals surface area contributed by atoms with Gasteiger partial charge in [-0.15, -0.1) is 11.3 Å². The van der Waals surface area contributed by atoms with Gasteiger partial charge in [-0.3, -0.25) is 0 Å². The maximum absolute atomic E-state index is 5.39. The summed E-state index contributed by atoms with van der Waals surface area (Å²) in [7, 11) is 3.25. The molecular formula is C18H20N4O2S. The van der Waals surface area contributed by atoms with Crippen LogP contribution in [0.1, 0.15) is 17.6 Å². The zero-order valence-corrected chi connectivity index (χ0v) is 15.5. The van der Waals surface area contributed by atoms with Crippen LogP contribution in [0.5, 0.6) is 11.5 Å². The predicted octanol–water partition coefficient (Wildman–Crippen LogP) is 4.23. The van der Waals surface area contributed by atoms with Gasteiger partial charge in [0.15, 0.2) is 0 Å². The fraction of sp³-hybridized carbons (Fsp3) is 0.278. The molecule has 0 saturated heterocycles. The van der Waals surface area contributed by atoms with Gasteiger partial charge in [0.1, 0.15) is 11.5 Å². The summed E-state index contributed by atoms with van der Waals surface area (Å²) in [5, 5.41) is 4.31. The SMILES string of the molecule is CCc1nc(C)c(-c2ccnc(Nc3cc(OC)ccc3OC)n2)s1. The first-order valence-corrected chi connectivity index (χ1v) is 8.75. The van der Waals surface area contributed by atoms with E-state index in [1.54, 1.807) is 31.8 Å². The van der Waals surface area contributed by atoms with Crippen LogP contribution in [0, 0.1) is 6.92 Å². The van der Waals surface area contributed by atoms with E-state index < -0.39 is 0 Å². The molecule has 0 spiro atoms. The van der Waals surface area contributed by atoms with E-state index in [-0.39, 0.29) is 0 Å². The maximum atomic E-state index is 5.39. The minimum Gasteiger partial charge on any atom is -0.497 e. The Balaban J connectivity index is 1.93. The minimum absolute atomic E-state index is 0.495. The molecule has 2 heterocycles. The average molecular weight is 356 g/mol. The molecule has 25 heavy (non-hydrogen) atoms. The van der Waals surface area contributed by atoms with Gasteiger partial charge in [0.2, 0.25) is 5.95 Å². The summed E-state index contributed by atoms with van der Waals surface area (Å²) < 4.78 is 10.7. The van der Waals surface area contributed by atoms with Crippen molar-refractivity contribution in [3.05, 3.63) is 41.2 Å². The molecule has 1 N–H and O–H groups in total. The molecule has 2 aromatic heterocycles. The Morgan fingerprint density at radius 2 is 1.96 bits per heavy atom. The zero-order valence-electron chi connectivity index (χ0n) is 14.7. The summed E-state index contributed by atoms with van der Waals surface area (Å²) in [6.45, 7) is 4.11. The van der Waals surface area contributed by atoms with E-state index in [0.717, 1.165) is 39.1 Å². The van der Waals surface area contributed by atoms with Crippen LogP contribution in [0.4, 0.5) is 11.6 Å². The highest BCUT2D eigenvalue weighted by Crippen LogP contribution is 2.32. The molecule has 0 amide bonds. The second kappa shape index (κ2) is 7.48. The molecule has 6 nitrogen and oxygen atoms in total. The van der Waals surface area contributed by atoms with E-state index in [1.807, 2.05) is 31.2 Å². The number of hydrogen-bond acceptors (Lipinski definition) is 7. The topological polar surface area (TPSA) is 69.2 Å². The van der Waals surface area contributed by atoms with Gasteiger partial charge < -0.3 is 14.8 Å². The number of hydrogen-bond donors (Lipinski definition) is 1. The van der Waals surface area contributed by atoms with Gasteiger partial charge >= 0.3 is 0 Å². The lowest BCUT2D eigenvalue weighted by atomic mass is 10.2. The quantitative estimate of drug-likeness (QED) is 0.713. The van der Waals surface area contributed by atoms with Crippen molar-refractivity contribution in [3.63, 3.8) is 0 Å². The molecule has 0 unspecified atom stereocenters. The third kappa shape index (κ3) is 3.71. The number of nitrogens with zero attached hydrogens (tertiary/aromatic N) is 3. The van der Waals surface area contributed by atoms with Crippen molar-refractivity contribution in [1.29, 1.82) is 0 Å². The highest BCUT2D eigenvalue weighted by Gasteiger charge is 2.12. The first kappa shape index (κ1) is 17.2. The Morgan fingerprint density at radius 1 is 1.12 bits per heavy atom. The largest absolute Gasteiger partial charge is 0.497 e. The molecule has 3 rings (SSSR count). The standard InChI is InChI=1S/C18H20N4O2S/c1-5-16-20-11(2)17(25-16)13-8-9-19-18(21-13)22-14-10-12(23-3)6-7-15(14)24-4/h6-10H,5H2,1-4H3,(H,19,21,22). The zero-order chi connectivity index (χ0) is 17.8. The molecule has 0 atom stereocenters. The smallest absolute Gasteiger partial charge is 0.227 e. The highest BCUT2D eigenvalue weighted by molar-refractivity contribution is 7.15. The molecule has 7 heteroatoms. The van der Waals surface area contributed by atoms with Crippen LogP contribution in [0.3, 0.4) is 0 Å². The molecule has 0 fully saturated rings. The van der Waals surface area contributed by atoms with Crippen molar-refractivity contribution in [2.24, 2.45) is 0 Å². The lowest BCUT2D eigenvalue weighted by Gasteiger charge is -2.12.